The fraction of sp³-hybridized carbons (Fsp3) is 0.432. The molecule has 0 bridgehead atoms. The first-order valence-corrected chi connectivity index (χ1v) is 18.9. The summed E-state index contributed by atoms with van der Waals surface area (Å²) in [6.07, 6.45) is 7.78. The van der Waals surface area contributed by atoms with Crippen LogP contribution in [0.3, 0.4) is 0 Å². The van der Waals surface area contributed by atoms with Crippen LogP contribution < -0.4 is 43.0 Å². The maximum atomic E-state index is 13.1. The second-order valence-electron chi connectivity index (χ2n) is 13.9. The number of hydrogen-bond donors (Lipinski definition) is 8. The van der Waals surface area contributed by atoms with Gasteiger partial charge in [-0.1, -0.05) is 0 Å². The van der Waals surface area contributed by atoms with Crippen LogP contribution in [0.1, 0.15) is 74.8 Å². The Morgan fingerprint density at radius 2 is 1.07 bits per heavy atom. The molecule has 7 amide bonds. The number of hydrogen-bond acceptors (Lipinski definition) is 11. The molecule has 0 atom stereocenters. The van der Waals surface area contributed by atoms with E-state index < -0.39 is 29.5 Å². The van der Waals surface area contributed by atoms with Crippen LogP contribution in [0.2, 0.25) is 0 Å². The molecule has 0 unspecified atom stereocenters. The standard InChI is InChI=1S/C37H53N15O7/c1-23(53)42-28-21-51(5)32(46-28)36(58)43-24-18-27(50(4)19-24)35(57)41-14-10-31(55)45-29-22-52(6)33(47-29)37(59)44-25-17-26(49(3)20-25)34(56)40-13-9-30(54)39-12-8-16-48(2)15-7-11-38/h17-22H,7-16,38H2,1-6H3,(H,39,54)(H,40,56)(H,41,57)(H,42,53)(H,43,58)(H,44,59)(H,45,55). The van der Waals surface area contributed by atoms with Gasteiger partial charge in [0, 0.05) is 92.4 Å². The van der Waals surface area contributed by atoms with Gasteiger partial charge in [0.25, 0.3) is 23.6 Å². The smallest absolute Gasteiger partial charge is 0.291 e. The first-order valence-electron chi connectivity index (χ1n) is 18.9. The maximum Gasteiger partial charge on any atom is 0.291 e. The van der Waals surface area contributed by atoms with Gasteiger partial charge in [-0.05, 0) is 51.7 Å². The number of anilines is 4. The van der Waals surface area contributed by atoms with Gasteiger partial charge in [0.15, 0.2) is 11.6 Å². The Bertz CT molecular complexity index is 2160. The van der Waals surface area contributed by atoms with E-state index in [4.69, 9.17) is 5.73 Å². The fourth-order valence-electron chi connectivity index (χ4n) is 5.85. The summed E-state index contributed by atoms with van der Waals surface area (Å²) in [6.45, 7) is 4.36. The van der Waals surface area contributed by atoms with Crippen LogP contribution in [0.15, 0.2) is 36.9 Å². The van der Waals surface area contributed by atoms with E-state index in [-0.39, 0.29) is 72.4 Å². The third kappa shape index (κ3) is 13.4. The Balaban J connectivity index is 1.19. The third-order valence-electron chi connectivity index (χ3n) is 8.78. The lowest BCUT2D eigenvalue weighted by Gasteiger charge is -2.15. The number of aryl methyl sites for hydroxylation is 4. The number of nitrogens with one attached hydrogen (secondary N) is 7. The van der Waals surface area contributed by atoms with E-state index in [0.29, 0.717) is 24.5 Å². The van der Waals surface area contributed by atoms with Crippen molar-refractivity contribution in [3.05, 3.63) is 60.0 Å². The van der Waals surface area contributed by atoms with Gasteiger partial charge in [-0.15, -0.1) is 0 Å². The van der Waals surface area contributed by atoms with Gasteiger partial charge in [0.2, 0.25) is 29.4 Å². The molecule has 22 nitrogen and oxygen atoms in total. The highest BCUT2D eigenvalue weighted by Crippen LogP contribution is 2.17. The Morgan fingerprint density at radius 3 is 1.56 bits per heavy atom. The lowest BCUT2D eigenvalue weighted by molar-refractivity contribution is -0.121. The van der Waals surface area contributed by atoms with Crippen molar-refractivity contribution in [2.75, 3.05) is 67.6 Å². The van der Waals surface area contributed by atoms with Crippen LogP contribution in [-0.4, -0.2) is 121 Å². The van der Waals surface area contributed by atoms with Crippen LogP contribution >= 0.6 is 0 Å². The van der Waals surface area contributed by atoms with Crippen molar-refractivity contribution in [3.63, 3.8) is 0 Å². The number of imidazole rings is 2. The zero-order valence-corrected chi connectivity index (χ0v) is 34.1. The molecule has 0 aliphatic carbocycles. The molecule has 4 aromatic heterocycles. The monoisotopic (exact) mass is 819 g/mol. The van der Waals surface area contributed by atoms with Crippen LogP contribution in [0.4, 0.5) is 23.0 Å². The number of aromatic nitrogens is 6. The number of amides is 7. The SMILES string of the molecule is CC(=O)Nc1cn(C)c(C(=O)Nc2cc(C(=O)NCCC(=O)Nc3cn(C)c(C(=O)Nc4cc(C(=O)NCCC(=O)NCCCN(C)CCCN)n(C)c4)n3)n(C)c2)n1. The lowest BCUT2D eigenvalue weighted by atomic mass is 10.3. The third-order valence-corrected chi connectivity index (χ3v) is 8.78. The molecule has 4 heterocycles. The van der Waals surface area contributed by atoms with Gasteiger partial charge in [-0.3, -0.25) is 33.6 Å². The number of nitrogens with zero attached hydrogens (tertiary/aromatic N) is 7. The largest absolute Gasteiger partial charge is 0.356 e. The Kier molecular flexibility index (Phi) is 16.1. The van der Waals surface area contributed by atoms with Crippen molar-refractivity contribution in [1.82, 2.24) is 49.1 Å². The van der Waals surface area contributed by atoms with Crippen molar-refractivity contribution in [3.8, 4) is 0 Å². The summed E-state index contributed by atoms with van der Waals surface area (Å²) < 4.78 is 5.93. The highest BCUT2D eigenvalue weighted by Gasteiger charge is 2.20. The topological polar surface area (TPSA) is 278 Å². The van der Waals surface area contributed by atoms with Crippen LogP contribution in [0.25, 0.3) is 0 Å². The molecule has 318 valence electrons. The van der Waals surface area contributed by atoms with Gasteiger partial charge >= 0.3 is 0 Å². The summed E-state index contributed by atoms with van der Waals surface area (Å²) >= 11 is 0. The van der Waals surface area contributed by atoms with E-state index in [1.54, 1.807) is 45.2 Å². The average molecular weight is 820 g/mol. The average Bonchev–Trinajstić information content (AvgIpc) is 3.93. The number of carbonyl (C=O) groups excluding carboxylic acids is 7. The molecule has 22 heteroatoms. The van der Waals surface area contributed by atoms with Gasteiger partial charge in [-0.25, -0.2) is 9.97 Å². The second kappa shape index (κ2) is 21.1. The van der Waals surface area contributed by atoms with Gasteiger partial charge in [-0.2, -0.15) is 0 Å². The second-order valence-corrected chi connectivity index (χ2v) is 13.9. The molecule has 0 aromatic carbocycles. The van der Waals surface area contributed by atoms with Gasteiger partial charge in [0.1, 0.15) is 11.4 Å². The minimum Gasteiger partial charge on any atom is -0.356 e. The minimum absolute atomic E-state index is 0.0145. The molecule has 0 saturated heterocycles. The summed E-state index contributed by atoms with van der Waals surface area (Å²) in [6, 6.07) is 2.96. The zero-order valence-electron chi connectivity index (χ0n) is 34.1. The molecule has 4 rings (SSSR count). The van der Waals surface area contributed by atoms with E-state index in [1.807, 2.05) is 7.05 Å². The van der Waals surface area contributed by atoms with Crippen molar-refractivity contribution in [2.45, 2.75) is 32.6 Å². The molecule has 0 radical (unpaired) electrons. The Morgan fingerprint density at radius 1 is 0.593 bits per heavy atom. The van der Waals surface area contributed by atoms with Crippen LogP contribution in [-0.2, 0) is 42.6 Å². The summed E-state index contributed by atoms with van der Waals surface area (Å²) in [7, 11) is 8.46. The number of rotatable bonds is 21. The molecule has 0 aliphatic rings. The Hall–Kier alpha value is -6.81. The van der Waals surface area contributed by atoms with E-state index in [0.717, 1.165) is 25.9 Å². The minimum atomic E-state index is -0.590. The molecular weight excluding hydrogens is 767 g/mol. The summed E-state index contributed by atoms with van der Waals surface area (Å²) in [4.78, 5) is 98.3. The number of carbonyl (C=O) groups is 7. The van der Waals surface area contributed by atoms with Crippen LogP contribution in [0.5, 0.6) is 0 Å². The maximum absolute atomic E-state index is 13.1. The number of nitrogens with two attached hydrogens (primary N) is 1. The highest BCUT2D eigenvalue weighted by molar-refractivity contribution is 6.05. The van der Waals surface area contributed by atoms with Crippen molar-refractivity contribution < 1.29 is 33.6 Å². The van der Waals surface area contributed by atoms with E-state index in [1.165, 1.54) is 45.2 Å². The Labute approximate surface area is 340 Å². The molecule has 0 fully saturated rings. The van der Waals surface area contributed by atoms with Crippen molar-refractivity contribution in [1.29, 1.82) is 0 Å². The molecule has 59 heavy (non-hydrogen) atoms. The predicted octanol–water partition coefficient (Wildman–Crippen LogP) is -0.0410. The molecule has 9 N–H and O–H groups in total. The highest BCUT2D eigenvalue weighted by atomic mass is 16.2. The summed E-state index contributed by atoms with van der Waals surface area (Å²) in [5.41, 5.74) is 6.68. The quantitative estimate of drug-likeness (QED) is 0.0517. The van der Waals surface area contributed by atoms with E-state index >= 15 is 0 Å². The normalized spacial score (nSPS) is 10.9. The first-order chi connectivity index (χ1) is 28.0. The predicted molar refractivity (Wildman–Crippen MR) is 219 cm³/mol. The van der Waals surface area contributed by atoms with Gasteiger partial charge in [0.05, 0.1) is 11.4 Å². The van der Waals surface area contributed by atoms with Crippen LogP contribution in [0, 0.1) is 0 Å². The first kappa shape index (κ1) is 44.9. The van der Waals surface area contributed by atoms with E-state index in [9.17, 15) is 33.6 Å². The molecule has 4 aromatic rings. The molecule has 0 aliphatic heterocycles. The fourth-order valence-corrected chi connectivity index (χ4v) is 5.85. The van der Waals surface area contributed by atoms with Crippen molar-refractivity contribution in [2.24, 2.45) is 33.9 Å². The van der Waals surface area contributed by atoms with E-state index in [2.05, 4.69) is 52.1 Å². The lowest BCUT2D eigenvalue weighted by Crippen LogP contribution is -2.33. The van der Waals surface area contributed by atoms with Crippen molar-refractivity contribution >= 4 is 64.4 Å². The molecule has 0 saturated carbocycles. The molecule has 0 spiro atoms. The molecular formula is C37H53N15O7. The van der Waals surface area contributed by atoms with Gasteiger partial charge < -0.3 is 66.1 Å². The summed E-state index contributed by atoms with van der Waals surface area (Å²) in [5.74, 6) is -2.66. The zero-order chi connectivity index (χ0) is 43.2. The summed E-state index contributed by atoms with van der Waals surface area (Å²) in [5, 5.41) is 18.7.